The van der Waals surface area contributed by atoms with Gasteiger partial charge in [-0.15, -0.1) is 0 Å². The summed E-state index contributed by atoms with van der Waals surface area (Å²) in [6.45, 7) is 10.1. The second kappa shape index (κ2) is 13.7. The third-order valence-electron chi connectivity index (χ3n) is 6.92. The molecule has 0 spiro atoms. The minimum absolute atomic E-state index is 0.108. The number of aryl methyl sites for hydroxylation is 1. The van der Waals surface area contributed by atoms with Crippen molar-refractivity contribution in [3.05, 3.63) is 123 Å². The monoisotopic (exact) mass is 738 g/mol. The van der Waals surface area contributed by atoms with Crippen molar-refractivity contribution in [3.8, 4) is 11.5 Å². The van der Waals surface area contributed by atoms with Crippen LogP contribution in [0.3, 0.4) is 0 Å². The van der Waals surface area contributed by atoms with Crippen molar-refractivity contribution in [2.24, 2.45) is 4.99 Å². The first-order valence-electron chi connectivity index (χ1n) is 14.2. The van der Waals surface area contributed by atoms with Gasteiger partial charge in [0.05, 0.1) is 37.5 Å². The summed E-state index contributed by atoms with van der Waals surface area (Å²) in [7, 11) is 0. The maximum absolute atomic E-state index is 14.1. The van der Waals surface area contributed by atoms with Crippen molar-refractivity contribution in [2.75, 3.05) is 6.61 Å². The van der Waals surface area contributed by atoms with Gasteiger partial charge in [0.25, 0.3) is 5.56 Å². The van der Waals surface area contributed by atoms with E-state index in [-0.39, 0.29) is 18.3 Å². The molecule has 0 fully saturated rings. The molecule has 1 atom stereocenters. The van der Waals surface area contributed by atoms with Crippen LogP contribution in [0.15, 0.2) is 90.7 Å². The Hall–Kier alpha value is -3.47. The van der Waals surface area contributed by atoms with Gasteiger partial charge in [-0.05, 0) is 102 Å². The van der Waals surface area contributed by atoms with Crippen LogP contribution >= 0.6 is 43.2 Å². The van der Waals surface area contributed by atoms with Gasteiger partial charge in [-0.25, -0.2) is 9.79 Å². The molecular formula is C34H32Br2N2O5S. The second-order valence-corrected chi connectivity index (χ2v) is 13.3. The number of allylic oxidation sites excluding steroid dienone is 1. The number of esters is 1. The fourth-order valence-electron chi connectivity index (χ4n) is 4.95. The Morgan fingerprint density at radius 2 is 1.75 bits per heavy atom. The van der Waals surface area contributed by atoms with Gasteiger partial charge >= 0.3 is 5.97 Å². The third kappa shape index (κ3) is 6.77. The van der Waals surface area contributed by atoms with Gasteiger partial charge < -0.3 is 14.2 Å². The Labute approximate surface area is 276 Å². The predicted octanol–water partition coefficient (Wildman–Crippen LogP) is 7.00. The maximum atomic E-state index is 14.1. The van der Waals surface area contributed by atoms with Crippen LogP contribution < -0.4 is 24.4 Å². The van der Waals surface area contributed by atoms with E-state index in [9.17, 15) is 9.59 Å². The second-order valence-electron chi connectivity index (χ2n) is 10.6. The summed E-state index contributed by atoms with van der Waals surface area (Å²) in [5, 5.41) is 0. The lowest BCUT2D eigenvalue weighted by Gasteiger charge is -2.26. The summed E-state index contributed by atoms with van der Waals surface area (Å²) in [5.41, 5.74) is 4.28. The lowest BCUT2D eigenvalue weighted by atomic mass is 9.95. The molecule has 0 amide bonds. The summed E-state index contributed by atoms with van der Waals surface area (Å²) in [5.74, 6) is 0.745. The molecule has 0 saturated carbocycles. The van der Waals surface area contributed by atoms with Crippen LogP contribution in [0, 0.1) is 6.92 Å². The van der Waals surface area contributed by atoms with Crippen molar-refractivity contribution >= 4 is 55.2 Å². The number of aromatic nitrogens is 1. The molecule has 7 nitrogen and oxygen atoms in total. The first-order chi connectivity index (χ1) is 21.1. The molecule has 1 aliphatic rings. The molecule has 0 bridgehead atoms. The number of hydrogen-bond acceptors (Lipinski definition) is 7. The molecule has 44 heavy (non-hydrogen) atoms. The molecule has 0 aliphatic carbocycles. The summed E-state index contributed by atoms with van der Waals surface area (Å²) in [4.78, 5) is 32.6. The predicted molar refractivity (Wildman–Crippen MR) is 180 cm³/mol. The molecule has 0 unspecified atom stereocenters. The van der Waals surface area contributed by atoms with Gasteiger partial charge in [0, 0.05) is 5.56 Å². The molecule has 5 rings (SSSR count). The lowest BCUT2D eigenvalue weighted by Crippen LogP contribution is -2.40. The molecule has 10 heteroatoms. The lowest BCUT2D eigenvalue weighted by molar-refractivity contribution is -0.139. The van der Waals surface area contributed by atoms with Crippen molar-refractivity contribution in [1.82, 2.24) is 4.57 Å². The van der Waals surface area contributed by atoms with E-state index in [2.05, 4.69) is 49.0 Å². The van der Waals surface area contributed by atoms with Crippen molar-refractivity contribution < 1.29 is 19.0 Å². The molecule has 1 aliphatic heterocycles. The Kier molecular flexibility index (Phi) is 9.92. The number of carbonyl (C=O) groups excluding carboxylic acids is 1. The molecule has 0 saturated heterocycles. The van der Waals surface area contributed by atoms with E-state index < -0.39 is 12.0 Å². The Balaban J connectivity index is 1.58. The van der Waals surface area contributed by atoms with E-state index in [1.54, 1.807) is 18.4 Å². The Morgan fingerprint density at radius 3 is 2.41 bits per heavy atom. The molecule has 2 heterocycles. The SMILES string of the molecule is CCOC(=O)C1=C(C)N=c2s/c(=C/c3cc(Br)c(OCc4ccc(C)cc4)c(Br)c3)c(=O)n2[C@@H]1c1ccccc1OC(C)C. The fourth-order valence-corrected chi connectivity index (χ4v) is 7.44. The van der Waals surface area contributed by atoms with E-state index in [0.29, 0.717) is 44.3 Å². The third-order valence-corrected chi connectivity index (χ3v) is 9.08. The van der Waals surface area contributed by atoms with Crippen LogP contribution in [0.5, 0.6) is 11.5 Å². The first-order valence-corrected chi connectivity index (χ1v) is 16.6. The zero-order valence-electron chi connectivity index (χ0n) is 25.0. The van der Waals surface area contributed by atoms with Crippen LogP contribution in [0.4, 0.5) is 0 Å². The minimum Gasteiger partial charge on any atom is -0.491 e. The number of benzene rings is 3. The molecule has 3 aromatic carbocycles. The van der Waals surface area contributed by atoms with E-state index >= 15 is 0 Å². The standard InChI is InChI=1S/C34H32Br2N2O5S/c1-6-41-33(40)29-21(5)37-34-38(30(29)24-9-7-8-10-27(24)43-19(2)3)32(39)28(44-34)17-23-15-25(35)31(26(36)16-23)42-18-22-13-11-20(4)12-14-22/h7-17,19,30H,6,18H2,1-5H3/b28-17+/t30-/m1/s1. The average molecular weight is 741 g/mol. The van der Waals surface area contributed by atoms with Gasteiger partial charge in [-0.3, -0.25) is 9.36 Å². The summed E-state index contributed by atoms with van der Waals surface area (Å²) >= 11 is 8.55. The smallest absolute Gasteiger partial charge is 0.338 e. The van der Waals surface area contributed by atoms with E-state index in [4.69, 9.17) is 14.2 Å². The van der Waals surface area contributed by atoms with Crippen LogP contribution in [0.2, 0.25) is 0 Å². The highest BCUT2D eigenvalue weighted by Crippen LogP contribution is 2.37. The number of fused-ring (bicyclic) bond motifs is 1. The summed E-state index contributed by atoms with van der Waals surface area (Å²) in [6.07, 6.45) is 1.71. The zero-order valence-corrected chi connectivity index (χ0v) is 29.0. The average Bonchev–Trinajstić information content (AvgIpc) is 3.26. The van der Waals surface area contributed by atoms with Gasteiger partial charge in [-0.2, -0.15) is 0 Å². The number of nitrogens with zero attached hydrogens (tertiary/aromatic N) is 2. The van der Waals surface area contributed by atoms with E-state index in [0.717, 1.165) is 20.1 Å². The molecule has 1 aromatic heterocycles. The highest BCUT2D eigenvalue weighted by Gasteiger charge is 2.35. The van der Waals surface area contributed by atoms with Gasteiger partial charge in [-0.1, -0.05) is 59.4 Å². The molecular weight excluding hydrogens is 708 g/mol. The van der Waals surface area contributed by atoms with Crippen LogP contribution in [0.1, 0.15) is 56.0 Å². The Morgan fingerprint density at radius 1 is 1.07 bits per heavy atom. The molecule has 0 N–H and O–H groups in total. The van der Waals surface area contributed by atoms with Crippen molar-refractivity contribution in [2.45, 2.75) is 53.4 Å². The van der Waals surface area contributed by atoms with Crippen LogP contribution in [0.25, 0.3) is 6.08 Å². The minimum atomic E-state index is -0.765. The van der Waals surface area contributed by atoms with Crippen molar-refractivity contribution in [3.63, 3.8) is 0 Å². The molecule has 0 radical (unpaired) electrons. The number of halogens is 2. The van der Waals surface area contributed by atoms with Crippen molar-refractivity contribution in [1.29, 1.82) is 0 Å². The number of hydrogen-bond donors (Lipinski definition) is 0. The van der Waals surface area contributed by atoms with E-state index in [1.165, 1.54) is 16.9 Å². The quantitative estimate of drug-likeness (QED) is 0.173. The van der Waals surface area contributed by atoms with Gasteiger partial charge in [0.1, 0.15) is 24.1 Å². The zero-order chi connectivity index (χ0) is 31.5. The first kappa shape index (κ1) is 31.9. The number of ether oxygens (including phenoxy) is 3. The summed E-state index contributed by atoms with van der Waals surface area (Å²) < 4.78 is 21.2. The van der Waals surface area contributed by atoms with Crippen LogP contribution in [-0.2, 0) is 16.1 Å². The van der Waals surface area contributed by atoms with Crippen LogP contribution in [-0.4, -0.2) is 23.2 Å². The topological polar surface area (TPSA) is 79.1 Å². The van der Waals surface area contributed by atoms with Gasteiger partial charge in [0.15, 0.2) is 4.80 Å². The highest BCUT2D eigenvalue weighted by atomic mass is 79.9. The van der Waals surface area contributed by atoms with Gasteiger partial charge in [0.2, 0.25) is 0 Å². The normalized spacial score (nSPS) is 14.8. The number of thiazole rings is 1. The summed E-state index contributed by atoms with van der Waals surface area (Å²) in [6, 6.07) is 18.7. The molecule has 4 aromatic rings. The largest absolute Gasteiger partial charge is 0.491 e. The number of carbonyl (C=O) groups is 1. The number of rotatable bonds is 9. The highest BCUT2D eigenvalue weighted by molar-refractivity contribution is 9.11. The fraction of sp³-hybridized carbons (Fsp3) is 0.265. The molecule has 228 valence electrons. The van der Waals surface area contributed by atoms with E-state index in [1.807, 2.05) is 75.4 Å². The maximum Gasteiger partial charge on any atom is 0.338 e. The number of para-hydroxylation sites is 1. The Bertz CT molecular complexity index is 1900.